The molecular weight excluding hydrogens is 300 g/mol. The Labute approximate surface area is 126 Å². The fourth-order valence-electron chi connectivity index (χ4n) is 2.81. The Hall–Kier alpha value is -1.18. The number of aliphatic hydroxyl groups is 1. The minimum Gasteiger partial charge on any atom is -0.396 e. The van der Waals surface area contributed by atoms with Crippen molar-refractivity contribution < 1.29 is 22.7 Å². The van der Waals surface area contributed by atoms with Crippen LogP contribution >= 0.6 is 0 Å². The lowest BCUT2D eigenvalue weighted by molar-refractivity contribution is -0.140. The zero-order chi connectivity index (χ0) is 16.2. The summed E-state index contributed by atoms with van der Waals surface area (Å²) in [6.07, 6.45) is -3.57. The van der Waals surface area contributed by atoms with Crippen LogP contribution in [0, 0.1) is 5.82 Å². The van der Waals surface area contributed by atoms with Crippen LogP contribution in [0.1, 0.15) is 30.0 Å². The molecule has 0 radical (unpaired) electrons. The molecule has 1 fully saturated rings. The van der Waals surface area contributed by atoms with Crippen LogP contribution < -0.4 is 5.32 Å². The van der Waals surface area contributed by atoms with Crippen molar-refractivity contribution in [3.63, 3.8) is 0 Å². The first-order chi connectivity index (χ1) is 10.4. The molecule has 1 saturated heterocycles. The minimum atomic E-state index is -4.68. The van der Waals surface area contributed by atoms with E-state index < -0.39 is 17.6 Å². The molecule has 0 aromatic heterocycles. The predicted octanol–water partition coefficient (Wildman–Crippen LogP) is 2.56. The Bertz CT molecular complexity index is 487. The van der Waals surface area contributed by atoms with Crippen molar-refractivity contribution in [2.45, 2.75) is 25.1 Å². The summed E-state index contributed by atoms with van der Waals surface area (Å²) in [7, 11) is 0. The molecular formula is C15H20F4N2O. The lowest BCUT2D eigenvalue weighted by atomic mass is 9.98. The zero-order valence-electron chi connectivity index (χ0n) is 12.2. The number of alkyl halides is 3. The van der Waals surface area contributed by atoms with E-state index in [4.69, 9.17) is 5.11 Å². The first kappa shape index (κ1) is 17.2. The second-order valence-electron chi connectivity index (χ2n) is 5.40. The summed E-state index contributed by atoms with van der Waals surface area (Å²) in [5, 5.41) is 12.2. The van der Waals surface area contributed by atoms with Gasteiger partial charge in [-0.05, 0) is 30.5 Å². The number of aliphatic hydroxyl groups excluding tert-OH is 1. The fourth-order valence-corrected chi connectivity index (χ4v) is 2.81. The van der Waals surface area contributed by atoms with E-state index in [9.17, 15) is 17.6 Å². The van der Waals surface area contributed by atoms with Gasteiger partial charge in [-0.2, -0.15) is 13.2 Å². The number of hydrogen-bond acceptors (Lipinski definition) is 3. The number of halogens is 4. The van der Waals surface area contributed by atoms with Crippen molar-refractivity contribution in [2.24, 2.45) is 0 Å². The number of benzene rings is 1. The van der Waals surface area contributed by atoms with Crippen molar-refractivity contribution in [3.8, 4) is 0 Å². The molecule has 3 nitrogen and oxygen atoms in total. The topological polar surface area (TPSA) is 35.5 Å². The molecule has 22 heavy (non-hydrogen) atoms. The molecule has 2 rings (SSSR count). The SMILES string of the molecule is OCCC[C@@H](c1ccc(C(F)(F)F)c(F)c1)N1CCNCC1. The van der Waals surface area contributed by atoms with Gasteiger partial charge in [-0.3, -0.25) is 4.90 Å². The van der Waals surface area contributed by atoms with E-state index in [1.54, 1.807) is 0 Å². The van der Waals surface area contributed by atoms with Crippen LogP contribution in [-0.4, -0.2) is 42.8 Å². The summed E-state index contributed by atoms with van der Waals surface area (Å²) in [5.74, 6) is -1.24. The average molecular weight is 320 g/mol. The van der Waals surface area contributed by atoms with E-state index in [0.29, 0.717) is 18.4 Å². The van der Waals surface area contributed by atoms with Gasteiger partial charge in [-0.15, -0.1) is 0 Å². The van der Waals surface area contributed by atoms with Crippen LogP contribution in [0.15, 0.2) is 18.2 Å². The first-order valence-corrected chi connectivity index (χ1v) is 7.35. The Morgan fingerprint density at radius 2 is 1.91 bits per heavy atom. The lowest BCUT2D eigenvalue weighted by Gasteiger charge is -2.35. The van der Waals surface area contributed by atoms with Gasteiger partial charge in [0.05, 0.1) is 5.56 Å². The van der Waals surface area contributed by atoms with Crippen LogP contribution in [0.2, 0.25) is 0 Å². The second kappa shape index (κ2) is 7.39. The Balaban J connectivity index is 2.24. The van der Waals surface area contributed by atoms with Crippen molar-refractivity contribution in [1.29, 1.82) is 0 Å². The molecule has 0 unspecified atom stereocenters. The molecule has 0 saturated carbocycles. The molecule has 1 heterocycles. The molecule has 2 N–H and O–H groups in total. The smallest absolute Gasteiger partial charge is 0.396 e. The molecule has 0 bridgehead atoms. The summed E-state index contributed by atoms with van der Waals surface area (Å²) in [4.78, 5) is 2.12. The standard InChI is InChI=1S/C15H20F4N2O/c16-13-10-11(3-4-12(13)15(17,18)19)14(2-1-9-22)21-7-5-20-6-8-21/h3-4,10,14,20,22H,1-2,5-9H2/t14-/m0/s1. The van der Waals surface area contributed by atoms with Crippen LogP contribution in [0.25, 0.3) is 0 Å². The van der Waals surface area contributed by atoms with Gasteiger partial charge >= 0.3 is 6.18 Å². The minimum absolute atomic E-state index is 0.00566. The van der Waals surface area contributed by atoms with E-state index in [1.165, 1.54) is 6.07 Å². The predicted molar refractivity (Wildman–Crippen MR) is 74.9 cm³/mol. The number of piperazine rings is 1. The van der Waals surface area contributed by atoms with Crippen molar-refractivity contribution in [3.05, 3.63) is 35.1 Å². The van der Waals surface area contributed by atoms with E-state index in [2.05, 4.69) is 10.2 Å². The zero-order valence-corrected chi connectivity index (χ0v) is 12.2. The molecule has 1 aliphatic rings. The highest BCUT2D eigenvalue weighted by atomic mass is 19.4. The van der Waals surface area contributed by atoms with Crippen LogP contribution in [-0.2, 0) is 6.18 Å². The monoisotopic (exact) mass is 320 g/mol. The Morgan fingerprint density at radius 1 is 1.23 bits per heavy atom. The second-order valence-corrected chi connectivity index (χ2v) is 5.40. The molecule has 0 amide bonds. The van der Waals surface area contributed by atoms with Gasteiger partial charge in [0.1, 0.15) is 5.82 Å². The van der Waals surface area contributed by atoms with Crippen molar-refractivity contribution in [1.82, 2.24) is 10.2 Å². The maximum Gasteiger partial charge on any atom is 0.419 e. The van der Waals surface area contributed by atoms with E-state index in [0.717, 1.165) is 38.3 Å². The van der Waals surface area contributed by atoms with E-state index in [1.807, 2.05) is 0 Å². The number of hydrogen-bond donors (Lipinski definition) is 2. The molecule has 0 aliphatic carbocycles. The van der Waals surface area contributed by atoms with Crippen LogP contribution in [0.3, 0.4) is 0 Å². The van der Waals surface area contributed by atoms with Gasteiger partial charge in [0.2, 0.25) is 0 Å². The highest BCUT2D eigenvalue weighted by molar-refractivity contribution is 5.28. The maximum absolute atomic E-state index is 13.8. The van der Waals surface area contributed by atoms with E-state index in [-0.39, 0.29) is 12.6 Å². The summed E-state index contributed by atoms with van der Waals surface area (Å²) >= 11 is 0. The summed E-state index contributed by atoms with van der Waals surface area (Å²) in [5.41, 5.74) is -0.710. The Morgan fingerprint density at radius 3 is 2.45 bits per heavy atom. The molecule has 1 aliphatic heterocycles. The number of nitrogens with one attached hydrogen (secondary N) is 1. The third-order valence-electron chi connectivity index (χ3n) is 3.91. The van der Waals surface area contributed by atoms with Crippen molar-refractivity contribution in [2.75, 3.05) is 32.8 Å². The van der Waals surface area contributed by atoms with Crippen LogP contribution in [0.4, 0.5) is 17.6 Å². The quantitative estimate of drug-likeness (QED) is 0.819. The van der Waals surface area contributed by atoms with Gasteiger partial charge in [-0.25, -0.2) is 4.39 Å². The molecule has 1 atom stereocenters. The number of rotatable bonds is 5. The normalized spacial score (nSPS) is 18.4. The van der Waals surface area contributed by atoms with Crippen molar-refractivity contribution >= 4 is 0 Å². The van der Waals surface area contributed by atoms with Gasteiger partial charge in [0.15, 0.2) is 0 Å². The lowest BCUT2D eigenvalue weighted by Crippen LogP contribution is -2.45. The summed E-state index contributed by atoms with van der Waals surface area (Å²) < 4.78 is 51.7. The van der Waals surface area contributed by atoms with Crippen LogP contribution in [0.5, 0.6) is 0 Å². The van der Waals surface area contributed by atoms with Gasteiger partial charge in [0, 0.05) is 38.8 Å². The maximum atomic E-state index is 13.8. The fraction of sp³-hybridized carbons (Fsp3) is 0.600. The highest BCUT2D eigenvalue weighted by Gasteiger charge is 2.34. The molecule has 1 aromatic carbocycles. The van der Waals surface area contributed by atoms with E-state index >= 15 is 0 Å². The summed E-state index contributed by atoms with van der Waals surface area (Å²) in [6, 6.07) is 2.95. The molecule has 0 spiro atoms. The molecule has 124 valence electrons. The third-order valence-corrected chi connectivity index (χ3v) is 3.91. The van der Waals surface area contributed by atoms with Gasteiger partial charge < -0.3 is 10.4 Å². The summed E-state index contributed by atoms with van der Waals surface area (Å²) in [6.45, 7) is 3.08. The largest absolute Gasteiger partial charge is 0.419 e. The third kappa shape index (κ3) is 4.18. The van der Waals surface area contributed by atoms with Gasteiger partial charge in [-0.1, -0.05) is 6.07 Å². The highest BCUT2D eigenvalue weighted by Crippen LogP contribution is 2.34. The Kier molecular flexibility index (Phi) is 5.77. The molecule has 7 heteroatoms. The number of nitrogens with zero attached hydrogens (tertiary/aromatic N) is 1. The first-order valence-electron chi connectivity index (χ1n) is 7.35. The van der Waals surface area contributed by atoms with Gasteiger partial charge in [0.25, 0.3) is 0 Å². The molecule has 1 aromatic rings. The average Bonchev–Trinajstić information content (AvgIpc) is 2.47.